The molecule has 0 bridgehead atoms. The molecule has 8 nitrogen and oxygen atoms in total. The minimum absolute atomic E-state index is 0.248. The Labute approximate surface area is 120 Å². The lowest BCUT2D eigenvalue weighted by atomic mass is 10.4. The van der Waals surface area contributed by atoms with Crippen molar-refractivity contribution in [3.05, 3.63) is 0 Å². The number of rotatable bonds is 9. The molecule has 0 saturated carbocycles. The summed E-state index contributed by atoms with van der Waals surface area (Å²) >= 11 is 0. The molecule has 9 heteroatoms. The van der Waals surface area contributed by atoms with Crippen LogP contribution in [0.4, 0.5) is 0 Å². The number of ether oxygens (including phenoxy) is 1. The van der Waals surface area contributed by atoms with Crippen LogP contribution in [-0.2, 0) is 19.7 Å². The van der Waals surface area contributed by atoms with Crippen LogP contribution in [0, 0.1) is 0 Å². The van der Waals surface area contributed by atoms with Crippen LogP contribution in [-0.4, -0.2) is 71.7 Å². The van der Waals surface area contributed by atoms with Crippen molar-refractivity contribution in [3.8, 4) is 0 Å². The van der Waals surface area contributed by atoms with E-state index in [4.69, 9.17) is 4.74 Å². The van der Waals surface area contributed by atoms with Crippen molar-refractivity contribution in [1.29, 1.82) is 0 Å². The maximum atomic E-state index is 11.5. The highest BCUT2D eigenvalue weighted by molar-refractivity contribution is 7.87. The van der Waals surface area contributed by atoms with Crippen LogP contribution < -0.4 is 14.8 Å². The van der Waals surface area contributed by atoms with Gasteiger partial charge in [0.25, 0.3) is 10.2 Å². The van der Waals surface area contributed by atoms with E-state index >= 15 is 0 Å². The molecule has 0 spiro atoms. The van der Waals surface area contributed by atoms with Crippen LogP contribution in [0.2, 0.25) is 0 Å². The topological polar surface area (TPSA) is 99.8 Å². The van der Waals surface area contributed by atoms with E-state index in [9.17, 15) is 13.2 Å². The van der Waals surface area contributed by atoms with Crippen molar-refractivity contribution in [2.75, 3.05) is 52.5 Å². The predicted molar refractivity (Wildman–Crippen MR) is 75.5 cm³/mol. The lowest BCUT2D eigenvalue weighted by molar-refractivity contribution is -0.120. The summed E-state index contributed by atoms with van der Waals surface area (Å²) in [7, 11) is -3.57. The summed E-state index contributed by atoms with van der Waals surface area (Å²) in [6.07, 6.45) is 0.701. The Hall–Kier alpha value is -0.740. The van der Waals surface area contributed by atoms with Crippen molar-refractivity contribution in [3.63, 3.8) is 0 Å². The third kappa shape index (κ3) is 7.75. The average Bonchev–Trinajstić information content (AvgIpc) is 2.44. The van der Waals surface area contributed by atoms with Gasteiger partial charge >= 0.3 is 0 Å². The summed E-state index contributed by atoms with van der Waals surface area (Å²) in [5.41, 5.74) is 0. The van der Waals surface area contributed by atoms with Gasteiger partial charge in [0.2, 0.25) is 5.91 Å². The van der Waals surface area contributed by atoms with Crippen molar-refractivity contribution in [2.24, 2.45) is 0 Å². The summed E-state index contributed by atoms with van der Waals surface area (Å²) in [4.78, 5) is 13.7. The van der Waals surface area contributed by atoms with E-state index in [1.807, 2.05) is 6.92 Å². The van der Waals surface area contributed by atoms with Gasteiger partial charge in [-0.05, 0) is 6.42 Å². The Morgan fingerprint density at radius 2 is 1.90 bits per heavy atom. The summed E-state index contributed by atoms with van der Waals surface area (Å²) in [5, 5.41) is 2.68. The fourth-order valence-corrected chi connectivity index (χ4v) is 2.58. The number of nitrogens with zero attached hydrogens (tertiary/aromatic N) is 1. The molecule has 0 radical (unpaired) electrons. The van der Waals surface area contributed by atoms with Crippen LogP contribution in [0.3, 0.4) is 0 Å². The first kappa shape index (κ1) is 17.3. The van der Waals surface area contributed by atoms with E-state index in [0.717, 1.165) is 32.8 Å². The number of amides is 1. The molecular weight excluding hydrogens is 284 g/mol. The highest BCUT2D eigenvalue weighted by atomic mass is 32.2. The summed E-state index contributed by atoms with van der Waals surface area (Å²) in [5.74, 6) is -0.333. The monoisotopic (exact) mass is 308 g/mol. The Bertz CT molecular complexity index is 382. The lowest BCUT2D eigenvalue weighted by Crippen LogP contribution is -2.45. The van der Waals surface area contributed by atoms with Gasteiger partial charge in [-0.15, -0.1) is 0 Å². The summed E-state index contributed by atoms with van der Waals surface area (Å²) in [6, 6.07) is 0. The van der Waals surface area contributed by atoms with E-state index in [1.165, 1.54) is 0 Å². The third-order valence-electron chi connectivity index (χ3n) is 2.82. The highest BCUT2D eigenvalue weighted by Crippen LogP contribution is 1.94. The number of hydrogen-bond donors (Lipinski definition) is 3. The van der Waals surface area contributed by atoms with Gasteiger partial charge in [0.05, 0.1) is 19.8 Å². The first-order valence-corrected chi connectivity index (χ1v) is 8.33. The Morgan fingerprint density at radius 3 is 2.55 bits per heavy atom. The highest BCUT2D eigenvalue weighted by Gasteiger charge is 2.12. The van der Waals surface area contributed by atoms with Crippen molar-refractivity contribution in [1.82, 2.24) is 19.7 Å². The molecule has 1 fully saturated rings. The second-order valence-corrected chi connectivity index (χ2v) is 6.11. The maximum absolute atomic E-state index is 11.5. The largest absolute Gasteiger partial charge is 0.379 e. The lowest BCUT2D eigenvalue weighted by Gasteiger charge is -2.26. The molecular formula is C11H24N4O4S. The van der Waals surface area contributed by atoms with Crippen molar-refractivity contribution in [2.45, 2.75) is 13.3 Å². The van der Waals surface area contributed by atoms with E-state index in [1.54, 1.807) is 0 Å². The summed E-state index contributed by atoms with van der Waals surface area (Å²) < 4.78 is 32.5. The predicted octanol–water partition coefficient (Wildman–Crippen LogP) is -1.73. The number of hydrogen-bond acceptors (Lipinski definition) is 5. The molecule has 1 aliphatic heterocycles. The molecule has 1 aliphatic rings. The van der Waals surface area contributed by atoms with E-state index < -0.39 is 10.2 Å². The quantitative estimate of drug-likeness (QED) is 0.470. The average molecular weight is 308 g/mol. The second-order valence-electron chi connectivity index (χ2n) is 4.52. The molecule has 1 heterocycles. The van der Waals surface area contributed by atoms with Gasteiger partial charge in [-0.2, -0.15) is 13.1 Å². The second kappa shape index (κ2) is 9.24. The molecule has 118 valence electrons. The minimum atomic E-state index is -3.57. The van der Waals surface area contributed by atoms with Gasteiger partial charge in [-0.3, -0.25) is 9.69 Å². The number of nitrogens with one attached hydrogen (secondary N) is 3. The van der Waals surface area contributed by atoms with Gasteiger partial charge in [0, 0.05) is 32.7 Å². The first-order valence-electron chi connectivity index (χ1n) is 6.84. The zero-order chi connectivity index (χ0) is 14.8. The zero-order valence-electron chi connectivity index (χ0n) is 11.9. The SMILES string of the molecule is CCCNS(=O)(=O)NCC(=O)NCCN1CCOCC1. The minimum Gasteiger partial charge on any atom is -0.379 e. The Kier molecular flexibility index (Phi) is 8.00. The fraction of sp³-hybridized carbons (Fsp3) is 0.909. The molecule has 0 aromatic carbocycles. The van der Waals surface area contributed by atoms with Crippen LogP contribution >= 0.6 is 0 Å². The standard InChI is InChI=1S/C11H24N4O4S/c1-2-3-13-20(17,18)14-10-11(16)12-4-5-15-6-8-19-9-7-15/h13-14H,2-10H2,1H3,(H,12,16). The van der Waals surface area contributed by atoms with Crippen LogP contribution in [0.1, 0.15) is 13.3 Å². The Morgan fingerprint density at radius 1 is 1.20 bits per heavy atom. The van der Waals surface area contributed by atoms with E-state index in [0.29, 0.717) is 19.5 Å². The number of carbonyl (C=O) groups excluding carboxylic acids is 1. The fourth-order valence-electron chi connectivity index (χ4n) is 1.69. The maximum Gasteiger partial charge on any atom is 0.277 e. The number of carbonyl (C=O) groups is 1. The number of morpholine rings is 1. The van der Waals surface area contributed by atoms with Crippen molar-refractivity contribution >= 4 is 16.1 Å². The van der Waals surface area contributed by atoms with Gasteiger partial charge in [-0.25, -0.2) is 4.72 Å². The Balaban J connectivity index is 2.10. The van der Waals surface area contributed by atoms with Gasteiger partial charge in [-0.1, -0.05) is 6.92 Å². The third-order valence-corrected chi connectivity index (χ3v) is 3.93. The molecule has 0 aromatic heterocycles. The molecule has 0 unspecified atom stereocenters. The molecule has 20 heavy (non-hydrogen) atoms. The molecule has 1 amide bonds. The first-order chi connectivity index (χ1) is 9.53. The van der Waals surface area contributed by atoms with Gasteiger partial charge < -0.3 is 10.1 Å². The van der Waals surface area contributed by atoms with E-state index in [2.05, 4.69) is 19.7 Å². The molecule has 0 aliphatic carbocycles. The molecule has 1 saturated heterocycles. The molecule has 3 N–H and O–H groups in total. The van der Waals surface area contributed by atoms with Crippen molar-refractivity contribution < 1.29 is 17.9 Å². The van der Waals surface area contributed by atoms with Gasteiger partial charge in [0.15, 0.2) is 0 Å². The molecule has 0 atom stereocenters. The zero-order valence-corrected chi connectivity index (χ0v) is 12.7. The van der Waals surface area contributed by atoms with Gasteiger partial charge in [0.1, 0.15) is 0 Å². The normalized spacial score (nSPS) is 17.1. The summed E-state index contributed by atoms with van der Waals surface area (Å²) in [6.45, 7) is 6.39. The van der Waals surface area contributed by atoms with Crippen LogP contribution in [0.25, 0.3) is 0 Å². The van der Waals surface area contributed by atoms with Crippen LogP contribution in [0.5, 0.6) is 0 Å². The van der Waals surface area contributed by atoms with Crippen LogP contribution in [0.15, 0.2) is 0 Å². The smallest absolute Gasteiger partial charge is 0.277 e. The molecule has 0 aromatic rings. The van der Waals surface area contributed by atoms with E-state index in [-0.39, 0.29) is 12.5 Å². The molecule has 1 rings (SSSR count).